The van der Waals surface area contributed by atoms with Gasteiger partial charge in [-0.15, -0.1) is 0 Å². The lowest BCUT2D eigenvalue weighted by molar-refractivity contribution is -0.121. The first-order valence-corrected chi connectivity index (χ1v) is 9.85. The molecule has 1 N–H and O–H groups in total. The molecule has 0 aliphatic carbocycles. The second-order valence-corrected chi connectivity index (χ2v) is 7.70. The molecular weight excluding hydrogens is 362 g/mol. The smallest absolute Gasteiger partial charge is 0.232 e. The van der Waals surface area contributed by atoms with Crippen LogP contribution in [-0.4, -0.2) is 27.1 Å². The Labute approximate surface area is 151 Å². The highest BCUT2D eigenvalue weighted by Gasteiger charge is 2.20. The maximum Gasteiger partial charge on any atom is 0.232 e. The first kappa shape index (κ1) is 19.8. The second-order valence-electron chi connectivity index (χ2n) is 5.79. The number of nitrogens with one attached hydrogen (secondary N) is 1. The van der Waals surface area contributed by atoms with Gasteiger partial charge < -0.3 is 5.32 Å². The van der Waals surface area contributed by atoms with E-state index in [-0.39, 0.29) is 43.3 Å². The molecule has 0 unspecified atom stereocenters. The van der Waals surface area contributed by atoms with Crippen molar-refractivity contribution in [3.8, 4) is 0 Å². The quantitative estimate of drug-likeness (QED) is 0.764. The second kappa shape index (κ2) is 8.75. The minimum Gasteiger partial charge on any atom is -0.352 e. The molecule has 26 heavy (non-hydrogen) atoms. The lowest BCUT2D eigenvalue weighted by Gasteiger charge is -2.22. The van der Waals surface area contributed by atoms with E-state index in [4.69, 9.17) is 0 Å². The number of halogens is 2. The molecule has 0 bridgehead atoms. The van der Waals surface area contributed by atoms with Gasteiger partial charge in [-0.25, -0.2) is 17.2 Å². The molecule has 2 rings (SSSR count). The van der Waals surface area contributed by atoms with E-state index in [1.165, 1.54) is 30.3 Å². The molecule has 0 saturated heterocycles. The van der Waals surface area contributed by atoms with Gasteiger partial charge >= 0.3 is 0 Å². The van der Waals surface area contributed by atoms with Crippen molar-refractivity contribution < 1.29 is 22.0 Å². The van der Waals surface area contributed by atoms with Crippen molar-refractivity contribution in [1.82, 2.24) is 5.32 Å². The normalized spacial score (nSPS) is 11.2. The summed E-state index contributed by atoms with van der Waals surface area (Å²) in [5, 5.41) is 2.68. The molecule has 0 aliphatic heterocycles. The molecule has 5 nitrogen and oxygen atoms in total. The van der Waals surface area contributed by atoms with Crippen LogP contribution in [0.2, 0.25) is 0 Å². The van der Waals surface area contributed by atoms with Crippen LogP contribution >= 0.6 is 0 Å². The van der Waals surface area contributed by atoms with E-state index in [1.807, 2.05) is 0 Å². The summed E-state index contributed by atoms with van der Waals surface area (Å²) in [7, 11) is -3.67. The fraction of sp³-hybridized carbons (Fsp3) is 0.278. The number of para-hydroxylation sites is 1. The van der Waals surface area contributed by atoms with E-state index in [1.54, 1.807) is 18.2 Å². The number of hydrogen-bond acceptors (Lipinski definition) is 3. The molecule has 2 aromatic carbocycles. The number of nitrogens with zero attached hydrogens (tertiary/aromatic N) is 1. The summed E-state index contributed by atoms with van der Waals surface area (Å²) in [6, 6.07) is 11.3. The SMILES string of the molecule is CS(=O)(=O)N(CCCC(=O)NCc1ccc(F)cc1)c1ccccc1F. The zero-order valence-electron chi connectivity index (χ0n) is 14.3. The fourth-order valence-corrected chi connectivity index (χ4v) is 3.36. The van der Waals surface area contributed by atoms with Gasteiger partial charge in [0.25, 0.3) is 0 Å². The number of benzene rings is 2. The highest BCUT2D eigenvalue weighted by atomic mass is 32.2. The van der Waals surface area contributed by atoms with Gasteiger partial charge in [-0.05, 0) is 36.2 Å². The van der Waals surface area contributed by atoms with E-state index < -0.39 is 15.8 Å². The van der Waals surface area contributed by atoms with E-state index in [9.17, 15) is 22.0 Å². The van der Waals surface area contributed by atoms with E-state index in [0.29, 0.717) is 0 Å². The van der Waals surface area contributed by atoms with Crippen LogP contribution in [0.5, 0.6) is 0 Å². The summed E-state index contributed by atoms with van der Waals surface area (Å²) in [4.78, 5) is 11.9. The number of hydrogen-bond donors (Lipinski definition) is 1. The Hall–Kier alpha value is -2.48. The van der Waals surface area contributed by atoms with Crippen molar-refractivity contribution in [1.29, 1.82) is 0 Å². The third-order valence-corrected chi connectivity index (χ3v) is 4.87. The summed E-state index contributed by atoms with van der Waals surface area (Å²) in [6.45, 7) is 0.242. The lowest BCUT2D eigenvalue weighted by Crippen LogP contribution is -2.32. The number of anilines is 1. The van der Waals surface area contributed by atoms with Gasteiger partial charge in [0.1, 0.15) is 11.6 Å². The van der Waals surface area contributed by atoms with E-state index >= 15 is 0 Å². The monoisotopic (exact) mass is 382 g/mol. The largest absolute Gasteiger partial charge is 0.352 e. The summed E-state index contributed by atoms with van der Waals surface area (Å²) in [5.41, 5.74) is 0.714. The highest BCUT2D eigenvalue weighted by Crippen LogP contribution is 2.21. The van der Waals surface area contributed by atoms with E-state index in [2.05, 4.69) is 5.32 Å². The zero-order chi connectivity index (χ0) is 19.2. The van der Waals surface area contributed by atoms with Crippen molar-refractivity contribution in [2.45, 2.75) is 19.4 Å². The maximum absolute atomic E-state index is 13.9. The van der Waals surface area contributed by atoms with Gasteiger partial charge in [-0.2, -0.15) is 0 Å². The Morgan fingerprint density at radius 1 is 1.08 bits per heavy atom. The van der Waals surface area contributed by atoms with Crippen LogP contribution in [0.3, 0.4) is 0 Å². The molecule has 0 atom stereocenters. The maximum atomic E-state index is 13.9. The minimum absolute atomic E-state index is 0.0102. The number of rotatable bonds is 8. The Kier molecular flexibility index (Phi) is 6.68. The van der Waals surface area contributed by atoms with Crippen molar-refractivity contribution >= 4 is 21.6 Å². The molecule has 8 heteroatoms. The predicted molar refractivity (Wildman–Crippen MR) is 96.1 cm³/mol. The van der Waals surface area contributed by atoms with Crippen molar-refractivity contribution in [3.05, 3.63) is 65.7 Å². The van der Waals surface area contributed by atoms with Crippen LogP contribution in [0.15, 0.2) is 48.5 Å². The number of amides is 1. The van der Waals surface area contributed by atoms with Crippen LogP contribution in [-0.2, 0) is 21.4 Å². The van der Waals surface area contributed by atoms with Gasteiger partial charge in [-0.3, -0.25) is 9.10 Å². The Morgan fingerprint density at radius 2 is 1.73 bits per heavy atom. The molecule has 0 saturated carbocycles. The summed E-state index contributed by atoms with van der Waals surface area (Å²) >= 11 is 0. The van der Waals surface area contributed by atoms with Crippen LogP contribution in [0.25, 0.3) is 0 Å². The minimum atomic E-state index is -3.67. The molecule has 0 aliphatic rings. The van der Waals surface area contributed by atoms with Gasteiger partial charge in [0.05, 0.1) is 11.9 Å². The molecule has 0 radical (unpaired) electrons. The lowest BCUT2D eigenvalue weighted by atomic mass is 10.2. The topological polar surface area (TPSA) is 66.5 Å². The number of carbonyl (C=O) groups is 1. The predicted octanol–water partition coefficient (Wildman–Crippen LogP) is 2.83. The standard InChI is InChI=1S/C18H20F2N2O3S/c1-26(24,25)22(17-6-3-2-5-16(17)20)12-4-7-18(23)21-13-14-8-10-15(19)11-9-14/h2-3,5-6,8-11H,4,7,12-13H2,1H3,(H,21,23). The van der Waals surface area contributed by atoms with Gasteiger partial charge in [-0.1, -0.05) is 24.3 Å². The van der Waals surface area contributed by atoms with Gasteiger partial charge in [0.2, 0.25) is 15.9 Å². The van der Waals surface area contributed by atoms with Crippen LogP contribution in [0, 0.1) is 11.6 Å². The van der Waals surface area contributed by atoms with Gasteiger partial charge in [0.15, 0.2) is 0 Å². The van der Waals surface area contributed by atoms with Crippen LogP contribution in [0.1, 0.15) is 18.4 Å². The third-order valence-electron chi connectivity index (χ3n) is 3.69. The van der Waals surface area contributed by atoms with Crippen molar-refractivity contribution in [2.75, 3.05) is 17.1 Å². The van der Waals surface area contributed by atoms with Crippen LogP contribution in [0.4, 0.5) is 14.5 Å². The molecule has 0 aromatic heterocycles. The Morgan fingerprint density at radius 3 is 2.35 bits per heavy atom. The third kappa shape index (κ3) is 5.80. The first-order valence-electron chi connectivity index (χ1n) is 8.01. The summed E-state index contributed by atoms with van der Waals surface area (Å²) in [5.74, 6) is -1.26. The molecule has 0 heterocycles. The molecule has 0 spiro atoms. The average Bonchev–Trinajstić information content (AvgIpc) is 2.58. The van der Waals surface area contributed by atoms with E-state index in [0.717, 1.165) is 16.1 Å². The summed E-state index contributed by atoms with van der Waals surface area (Å²) < 4.78 is 51.5. The number of carbonyl (C=O) groups excluding carboxylic acids is 1. The van der Waals surface area contributed by atoms with Crippen molar-refractivity contribution in [2.24, 2.45) is 0 Å². The fourth-order valence-electron chi connectivity index (χ4n) is 2.39. The van der Waals surface area contributed by atoms with Crippen LogP contribution < -0.4 is 9.62 Å². The number of sulfonamides is 1. The molecule has 1 amide bonds. The Bertz CT molecular complexity index is 855. The molecule has 140 valence electrons. The molecule has 2 aromatic rings. The Balaban J connectivity index is 1.88. The molecular formula is C18H20F2N2O3S. The first-order chi connectivity index (χ1) is 12.3. The van der Waals surface area contributed by atoms with Crippen molar-refractivity contribution in [3.63, 3.8) is 0 Å². The summed E-state index contributed by atoms with van der Waals surface area (Å²) in [6.07, 6.45) is 1.31. The zero-order valence-corrected chi connectivity index (χ0v) is 15.1. The highest BCUT2D eigenvalue weighted by molar-refractivity contribution is 7.92. The molecule has 0 fully saturated rings. The van der Waals surface area contributed by atoms with Gasteiger partial charge in [0, 0.05) is 19.5 Å². The average molecular weight is 382 g/mol.